The van der Waals surface area contributed by atoms with E-state index in [-0.39, 0.29) is 42.0 Å². The molecule has 0 radical (unpaired) electrons. The molecule has 0 unspecified atom stereocenters. The minimum Gasteiger partial charge on any atom is -0.277 e. The predicted molar refractivity (Wildman–Crippen MR) is 59.6 cm³/mol. The number of nitrogens with one attached hydrogen (secondary N) is 1. The smallest absolute Gasteiger partial charge is 0.263 e. The van der Waals surface area contributed by atoms with Gasteiger partial charge in [0.2, 0.25) is 11.8 Å². The first-order valence-corrected chi connectivity index (χ1v) is 5.99. The van der Waals surface area contributed by atoms with Crippen LogP contribution in [0, 0.1) is 23.7 Å². The molecule has 6 nitrogen and oxygen atoms in total. The Morgan fingerprint density at radius 3 is 2.39 bits per heavy atom. The van der Waals surface area contributed by atoms with Crippen LogP contribution >= 0.6 is 0 Å². The summed E-state index contributed by atoms with van der Waals surface area (Å²) in [4.78, 5) is 41.3. The summed E-state index contributed by atoms with van der Waals surface area (Å²) in [6.07, 6.45) is 4.94. The normalized spacial score (nSPS) is 36.4. The van der Waals surface area contributed by atoms with E-state index in [9.17, 15) is 14.4 Å². The Labute approximate surface area is 104 Å². The van der Waals surface area contributed by atoms with Crippen molar-refractivity contribution in [3.8, 4) is 0 Å². The molecule has 2 bridgehead atoms. The first kappa shape index (κ1) is 11.4. The highest BCUT2D eigenvalue weighted by molar-refractivity contribution is 6.08. The highest BCUT2D eigenvalue weighted by Gasteiger charge is 2.59. The van der Waals surface area contributed by atoms with E-state index in [1.54, 1.807) is 0 Å². The second-order valence-electron chi connectivity index (χ2n) is 4.99. The van der Waals surface area contributed by atoms with E-state index >= 15 is 0 Å². The van der Waals surface area contributed by atoms with Crippen LogP contribution in [0.2, 0.25) is 0 Å². The van der Waals surface area contributed by atoms with Crippen LogP contribution in [0.15, 0.2) is 12.2 Å². The van der Waals surface area contributed by atoms with Gasteiger partial charge in [0.25, 0.3) is 5.91 Å². The Morgan fingerprint density at radius 1 is 1.33 bits per heavy atom. The Morgan fingerprint density at radius 2 is 1.89 bits per heavy atom. The van der Waals surface area contributed by atoms with Crippen molar-refractivity contribution in [3.63, 3.8) is 0 Å². The quantitative estimate of drug-likeness (QED) is 0.415. The summed E-state index contributed by atoms with van der Waals surface area (Å²) in [5.74, 6) is -1.06. The van der Waals surface area contributed by atoms with Crippen molar-refractivity contribution in [2.75, 3.05) is 13.7 Å². The second-order valence-corrected chi connectivity index (χ2v) is 4.99. The summed E-state index contributed by atoms with van der Waals surface area (Å²) in [5.41, 5.74) is 2.12. The van der Waals surface area contributed by atoms with Crippen molar-refractivity contribution in [1.29, 1.82) is 0 Å². The average molecular weight is 250 g/mol. The molecular weight excluding hydrogens is 236 g/mol. The van der Waals surface area contributed by atoms with Gasteiger partial charge in [0.05, 0.1) is 18.9 Å². The predicted octanol–water partition coefficient (Wildman–Crippen LogP) is -0.529. The van der Waals surface area contributed by atoms with Gasteiger partial charge in [0.1, 0.15) is 6.54 Å². The minimum absolute atomic E-state index is 0.173. The number of hydrogen-bond acceptors (Lipinski definition) is 4. The van der Waals surface area contributed by atoms with E-state index in [1.165, 1.54) is 7.11 Å². The lowest BCUT2D eigenvalue weighted by Gasteiger charge is -2.16. The number of nitrogens with zero attached hydrogens (tertiary/aromatic N) is 1. The summed E-state index contributed by atoms with van der Waals surface area (Å²) < 4.78 is 0. The minimum atomic E-state index is -0.487. The molecule has 3 rings (SSSR count). The van der Waals surface area contributed by atoms with Crippen LogP contribution in [0.3, 0.4) is 0 Å². The molecule has 0 aromatic rings. The van der Waals surface area contributed by atoms with Crippen molar-refractivity contribution in [1.82, 2.24) is 10.4 Å². The molecule has 1 N–H and O–H groups in total. The summed E-state index contributed by atoms with van der Waals surface area (Å²) >= 11 is 0. The fourth-order valence-corrected chi connectivity index (χ4v) is 3.41. The number of carbonyl (C=O) groups is 3. The molecule has 1 saturated heterocycles. The van der Waals surface area contributed by atoms with Crippen molar-refractivity contribution in [2.45, 2.75) is 6.42 Å². The lowest BCUT2D eigenvalue weighted by molar-refractivity contribution is -0.147. The van der Waals surface area contributed by atoms with E-state index in [1.807, 2.05) is 12.2 Å². The fourth-order valence-electron chi connectivity index (χ4n) is 3.41. The standard InChI is InChI=1S/C12H14N2O4/c1-18-13-8(15)5-14-11(16)9-6-2-3-7(4-6)10(9)12(14)17/h2-3,6-7,9-10H,4-5H2,1H3,(H,13,15)/t6-,7-,9-,10-/m0/s1. The maximum absolute atomic E-state index is 12.2. The topological polar surface area (TPSA) is 75.7 Å². The van der Waals surface area contributed by atoms with Crippen LogP contribution in [0.4, 0.5) is 0 Å². The average Bonchev–Trinajstić information content (AvgIpc) is 2.99. The molecule has 3 aliphatic rings. The maximum Gasteiger partial charge on any atom is 0.263 e. The fraction of sp³-hybridized carbons (Fsp3) is 0.583. The molecule has 96 valence electrons. The highest BCUT2D eigenvalue weighted by Crippen LogP contribution is 2.52. The Balaban J connectivity index is 1.78. The van der Waals surface area contributed by atoms with E-state index in [0.29, 0.717) is 0 Å². The van der Waals surface area contributed by atoms with Gasteiger partial charge in [-0.15, -0.1) is 0 Å². The first-order chi connectivity index (χ1) is 8.63. The number of fused-ring (bicyclic) bond motifs is 5. The van der Waals surface area contributed by atoms with Gasteiger partial charge in [-0.25, -0.2) is 5.48 Å². The number of carbonyl (C=O) groups excluding carboxylic acids is 3. The molecule has 0 spiro atoms. The van der Waals surface area contributed by atoms with Gasteiger partial charge in [-0.1, -0.05) is 12.2 Å². The van der Waals surface area contributed by atoms with Crippen LogP contribution in [0.1, 0.15) is 6.42 Å². The van der Waals surface area contributed by atoms with Crippen LogP contribution in [-0.2, 0) is 19.2 Å². The summed E-state index contributed by atoms with van der Waals surface area (Å²) in [6.45, 7) is -0.252. The van der Waals surface area contributed by atoms with Gasteiger partial charge < -0.3 is 0 Å². The molecule has 0 aromatic heterocycles. The zero-order valence-corrected chi connectivity index (χ0v) is 9.96. The Hall–Kier alpha value is -1.69. The third kappa shape index (κ3) is 1.42. The number of hydrogen-bond donors (Lipinski definition) is 1. The number of likely N-dealkylation sites (tertiary alicyclic amines) is 1. The van der Waals surface area contributed by atoms with Crippen molar-refractivity contribution < 1.29 is 19.2 Å². The van der Waals surface area contributed by atoms with Crippen LogP contribution in [0.25, 0.3) is 0 Å². The number of hydroxylamine groups is 1. The lowest BCUT2D eigenvalue weighted by atomic mass is 9.85. The van der Waals surface area contributed by atoms with Gasteiger partial charge in [-0.05, 0) is 18.3 Å². The largest absolute Gasteiger partial charge is 0.277 e. The zero-order chi connectivity index (χ0) is 12.9. The molecule has 18 heavy (non-hydrogen) atoms. The number of rotatable bonds is 3. The van der Waals surface area contributed by atoms with Crippen LogP contribution < -0.4 is 5.48 Å². The van der Waals surface area contributed by atoms with Gasteiger partial charge >= 0.3 is 0 Å². The van der Waals surface area contributed by atoms with Crippen molar-refractivity contribution >= 4 is 17.7 Å². The van der Waals surface area contributed by atoms with E-state index in [0.717, 1.165) is 11.3 Å². The van der Waals surface area contributed by atoms with E-state index < -0.39 is 5.91 Å². The van der Waals surface area contributed by atoms with Gasteiger partial charge in [0.15, 0.2) is 0 Å². The molecule has 2 aliphatic carbocycles. The maximum atomic E-state index is 12.2. The van der Waals surface area contributed by atoms with E-state index in [4.69, 9.17) is 0 Å². The molecular formula is C12H14N2O4. The SMILES string of the molecule is CONC(=O)CN1C(=O)[C@@H]2[C@@H](C1=O)[C@H]1C=C[C@H]2C1. The molecule has 0 aromatic carbocycles. The first-order valence-electron chi connectivity index (χ1n) is 5.99. The van der Waals surface area contributed by atoms with Gasteiger partial charge in [-0.3, -0.25) is 24.1 Å². The molecule has 1 aliphatic heterocycles. The third-order valence-corrected chi connectivity index (χ3v) is 4.08. The third-order valence-electron chi connectivity index (χ3n) is 4.08. The Bertz CT molecular complexity index is 429. The van der Waals surface area contributed by atoms with Gasteiger partial charge in [0, 0.05) is 0 Å². The van der Waals surface area contributed by atoms with Crippen molar-refractivity contribution in [3.05, 3.63) is 12.2 Å². The molecule has 6 heteroatoms. The van der Waals surface area contributed by atoms with E-state index in [2.05, 4.69) is 10.3 Å². The molecule has 4 atom stereocenters. The summed E-state index contributed by atoms with van der Waals surface area (Å²) in [5, 5.41) is 0. The van der Waals surface area contributed by atoms with Gasteiger partial charge in [-0.2, -0.15) is 0 Å². The number of imide groups is 1. The summed E-state index contributed by atoms with van der Waals surface area (Å²) in [7, 11) is 1.31. The number of amides is 3. The molecule has 1 saturated carbocycles. The van der Waals surface area contributed by atoms with Crippen LogP contribution in [-0.4, -0.2) is 36.3 Å². The highest BCUT2D eigenvalue weighted by atomic mass is 16.6. The number of allylic oxidation sites excluding steroid dienone is 2. The second kappa shape index (κ2) is 3.91. The molecule has 2 fully saturated rings. The molecule has 1 heterocycles. The monoisotopic (exact) mass is 250 g/mol. The zero-order valence-electron chi connectivity index (χ0n) is 9.96. The Kier molecular flexibility index (Phi) is 2.48. The van der Waals surface area contributed by atoms with Crippen LogP contribution in [0.5, 0.6) is 0 Å². The lowest BCUT2D eigenvalue weighted by Crippen LogP contribution is -2.41. The van der Waals surface area contributed by atoms with Crippen molar-refractivity contribution in [2.24, 2.45) is 23.7 Å². The molecule has 3 amide bonds. The summed E-state index contributed by atoms with van der Waals surface area (Å²) in [6, 6.07) is 0.